The van der Waals surface area contributed by atoms with Crippen LogP contribution in [0.15, 0.2) is 24.3 Å². The van der Waals surface area contributed by atoms with Crippen LogP contribution in [0.25, 0.3) is 0 Å². The lowest BCUT2D eigenvalue weighted by Gasteiger charge is -2.20. The summed E-state index contributed by atoms with van der Waals surface area (Å²) in [5.41, 5.74) is 1.95. The van der Waals surface area contributed by atoms with Crippen LogP contribution in [0.4, 0.5) is 10.2 Å². The molecule has 1 atom stereocenters. The molecule has 0 aliphatic heterocycles. The largest absolute Gasteiger partial charge is 0.493 e. The van der Waals surface area contributed by atoms with E-state index in [1.165, 1.54) is 20.3 Å². The number of methoxy groups -OCH3 is 2. The number of pyridine rings is 1. The summed E-state index contributed by atoms with van der Waals surface area (Å²) in [6, 6.07) is 6.16. The first-order valence-electron chi connectivity index (χ1n) is 8.24. The second kappa shape index (κ2) is 7.09. The molecule has 5 nitrogen and oxygen atoms in total. The van der Waals surface area contributed by atoms with E-state index >= 15 is 0 Å². The number of carbonyl (C=O) groups is 1. The van der Waals surface area contributed by atoms with Gasteiger partial charge in [0.25, 0.3) is 0 Å². The number of Topliss-reactive ketones (excluding diaryl/α,β-unsaturated/α-hetero) is 1. The molecule has 0 saturated heterocycles. The lowest BCUT2D eigenvalue weighted by atomic mass is 9.95. The fraction of sp³-hybridized carbons (Fsp3) is 0.368. The first kappa shape index (κ1) is 17.2. The molecule has 1 aliphatic rings. The maximum Gasteiger partial charge on any atom is 0.164 e. The molecule has 0 amide bonds. The van der Waals surface area contributed by atoms with Crippen molar-refractivity contribution in [2.24, 2.45) is 0 Å². The van der Waals surface area contributed by atoms with Gasteiger partial charge in [-0.05, 0) is 38.0 Å². The molecule has 6 heteroatoms. The number of aryl methyl sites for hydroxylation is 1. The Hall–Kier alpha value is -2.63. The monoisotopic (exact) mass is 344 g/mol. The summed E-state index contributed by atoms with van der Waals surface area (Å²) >= 11 is 0. The van der Waals surface area contributed by atoms with E-state index in [0.717, 1.165) is 18.5 Å². The van der Waals surface area contributed by atoms with Crippen molar-refractivity contribution in [1.29, 1.82) is 0 Å². The highest BCUT2D eigenvalue weighted by Gasteiger charge is 2.20. The van der Waals surface area contributed by atoms with Crippen molar-refractivity contribution in [2.75, 3.05) is 19.5 Å². The summed E-state index contributed by atoms with van der Waals surface area (Å²) in [6.45, 7) is 1.84. The average molecular weight is 344 g/mol. The third-order valence-corrected chi connectivity index (χ3v) is 4.43. The molecule has 1 N–H and O–H groups in total. The fourth-order valence-electron chi connectivity index (χ4n) is 3.08. The Morgan fingerprint density at radius 2 is 1.88 bits per heavy atom. The minimum Gasteiger partial charge on any atom is -0.493 e. The quantitative estimate of drug-likeness (QED) is 0.890. The molecular formula is C19H21FN2O3. The normalized spacial score (nSPS) is 14.6. The highest BCUT2D eigenvalue weighted by atomic mass is 19.1. The summed E-state index contributed by atoms with van der Waals surface area (Å²) in [6.07, 6.45) is 2.19. The molecular weight excluding hydrogens is 323 g/mol. The number of carbonyl (C=O) groups excluding carboxylic acids is 1. The SMILES string of the molecule is COc1cc(F)c(C(C)Nc2ccc3c(n2)CCCC3=O)cc1OC. The summed E-state index contributed by atoms with van der Waals surface area (Å²) in [4.78, 5) is 16.4. The highest BCUT2D eigenvalue weighted by Crippen LogP contribution is 2.33. The number of nitrogens with one attached hydrogen (secondary N) is 1. The van der Waals surface area contributed by atoms with Crippen molar-refractivity contribution in [3.05, 3.63) is 46.9 Å². The third kappa shape index (κ3) is 3.43. The summed E-state index contributed by atoms with van der Waals surface area (Å²) < 4.78 is 24.7. The Morgan fingerprint density at radius 3 is 2.60 bits per heavy atom. The summed E-state index contributed by atoms with van der Waals surface area (Å²) in [5, 5.41) is 3.19. The van der Waals surface area contributed by atoms with Crippen LogP contribution in [-0.4, -0.2) is 25.0 Å². The minimum atomic E-state index is -0.384. The number of aromatic nitrogens is 1. The molecule has 1 aromatic heterocycles. The average Bonchev–Trinajstić information content (AvgIpc) is 2.61. The predicted octanol–water partition coefficient (Wildman–Crippen LogP) is 3.93. The van der Waals surface area contributed by atoms with Crippen LogP contribution < -0.4 is 14.8 Å². The molecule has 132 valence electrons. The van der Waals surface area contributed by atoms with E-state index in [2.05, 4.69) is 10.3 Å². The van der Waals surface area contributed by atoms with Crippen LogP contribution >= 0.6 is 0 Å². The van der Waals surface area contributed by atoms with Crippen LogP contribution in [-0.2, 0) is 6.42 Å². The number of hydrogen-bond acceptors (Lipinski definition) is 5. The first-order chi connectivity index (χ1) is 12.0. The van der Waals surface area contributed by atoms with E-state index in [1.54, 1.807) is 18.2 Å². The van der Waals surface area contributed by atoms with Gasteiger partial charge in [0, 0.05) is 23.6 Å². The molecule has 1 heterocycles. The Labute approximate surface area is 146 Å². The van der Waals surface area contributed by atoms with E-state index in [9.17, 15) is 9.18 Å². The number of ketones is 1. The zero-order valence-corrected chi connectivity index (χ0v) is 14.6. The molecule has 2 aromatic rings. The van der Waals surface area contributed by atoms with Gasteiger partial charge in [0.05, 0.1) is 26.0 Å². The number of halogens is 1. The molecule has 1 unspecified atom stereocenters. The predicted molar refractivity (Wildman–Crippen MR) is 93.0 cm³/mol. The van der Waals surface area contributed by atoms with Gasteiger partial charge in [-0.3, -0.25) is 4.79 Å². The van der Waals surface area contributed by atoms with Crippen molar-refractivity contribution in [3.63, 3.8) is 0 Å². The number of rotatable bonds is 5. The zero-order valence-electron chi connectivity index (χ0n) is 14.6. The van der Waals surface area contributed by atoms with Gasteiger partial charge in [-0.2, -0.15) is 0 Å². The zero-order chi connectivity index (χ0) is 18.0. The third-order valence-electron chi connectivity index (χ3n) is 4.43. The molecule has 1 aliphatic carbocycles. The molecule has 0 saturated carbocycles. The molecule has 0 radical (unpaired) electrons. The Bertz CT molecular complexity index is 807. The number of benzene rings is 1. The number of nitrogens with zero attached hydrogens (tertiary/aromatic N) is 1. The van der Waals surface area contributed by atoms with E-state index in [-0.39, 0.29) is 17.6 Å². The van der Waals surface area contributed by atoms with Gasteiger partial charge in [0.1, 0.15) is 11.6 Å². The standard InChI is InChI=1S/C19H21FN2O3/c1-11(13-9-17(24-2)18(25-3)10-14(13)20)21-19-8-7-12-15(22-19)5-4-6-16(12)23/h7-11H,4-6H2,1-3H3,(H,21,22). The summed E-state index contributed by atoms with van der Waals surface area (Å²) in [7, 11) is 2.98. The number of ether oxygens (including phenoxy) is 2. The van der Waals surface area contributed by atoms with Crippen molar-refractivity contribution in [1.82, 2.24) is 4.98 Å². The Balaban J connectivity index is 1.85. The minimum absolute atomic E-state index is 0.138. The van der Waals surface area contributed by atoms with Crippen molar-refractivity contribution >= 4 is 11.6 Å². The van der Waals surface area contributed by atoms with Gasteiger partial charge in [-0.15, -0.1) is 0 Å². The molecule has 3 rings (SSSR count). The maximum atomic E-state index is 14.4. The second-order valence-electron chi connectivity index (χ2n) is 6.06. The molecule has 0 spiro atoms. The van der Waals surface area contributed by atoms with Gasteiger partial charge in [-0.25, -0.2) is 9.37 Å². The second-order valence-corrected chi connectivity index (χ2v) is 6.06. The van der Waals surface area contributed by atoms with Crippen LogP contribution in [0.3, 0.4) is 0 Å². The fourth-order valence-corrected chi connectivity index (χ4v) is 3.08. The van der Waals surface area contributed by atoms with E-state index in [4.69, 9.17) is 9.47 Å². The van der Waals surface area contributed by atoms with Crippen LogP contribution in [0.2, 0.25) is 0 Å². The lowest BCUT2D eigenvalue weighted by molar-refractivity contribution is 0.0971. The van der Waals surface area contributed by atoms with E-state index in [1.807, 2.05) is 6.92 Å². The molecule has 0 fully saturated rings. The van der Waals surface area contributed by atoms with Gasteiger partial charge in [0.15, 0.2) is 17.3 Å². The topological polar surface area (TPSA) is 60.5 Å². The maximum absolute atomic E-state index is 14.4. The van der Waals surface area contributed by atoms with Gasteiger partial charge in [-0.1, -0.05) is 0 Å². The number of fused-ring (bicyclic) bond motifs is 1. The lowest BCUT2D eigenvalue weighted by Crippen LogP contribution is -2.15. The first-order valence-corrected chi connectivity index (χ1v) is 8.24. The van der Waals surface area contributed by atoms with Crippen molar-refractivity contribution in [3.8, 4) is 11.5 Å². The highest BCUT2D eigenvalue weighted by molar-refractivity contribution is 5.98. The van der Waals surface area contributed by atoms with Gasteiger partial charge >= 0.3 is 0 Å². The van der Waals surface area contributed by atoms with Crippen molar-refractivity contribution in [2.45, 2.75) is 32.2 Å². The molecule has 25 heavy (non-hydrogen) atoms. The van der Waals surface area contributed by atoms with Gasteiger partial charge < -0.3 is 14.8 Å². The smallest absolute Gasteiger partial charge is 0.164 e. The van der Waals surface area contributed by atoms with Crippen LogP contribution in [0.1, 0.15) is 47.4 Å². The Kier molecular flexibility index (Phi) is 4.88. The molecule has 1 aromatic carbocycles. The number of anilines is 1. The number of hydrogen-bond donors (Lipinski definition) is 1. The Morgan fingerprint density at radius 1 is 1.16 bits per heavy atom. The van der Waals surface area contributed by atoms with E-state index in [0.29, 0.717) is 34.9 Å². The van der Waals surface area contributed by atoms with Crippen LogP contribution in [0, 0.1) is 5.82 Å². The molecule has 0 bridgehead atoms. The van der Waals surface area contributed by atoms with Crippen LogP contribution in [0.5, 0.6) is 11.5 Å². The van der Waals surface area contributed by atoms with Crippen molar-refractivity contribution < 1.29 is 18.7 Å². The van der Waals surface area contributed by atoms with Gasteiger partial charge in [0.2, 0.25) is 0 Å². The summed E-state index contributed by atoms with van der Waals surface area (Å²) in [5.74, 6) is 1.19. The van der Waals surface area contributed by atoms with E-state index < -0.39 is 0 Å².